The van der Waals surface area contributed by atoms with Gasteiger partial charge in [-0.25, -0.2) is 4.79 Å². The number of likely N-dealkylation sites (tertiary alicyclic amines) is 1. The Balaban J connectivity index is 1.40. The van der Waals surface area contributed by atoms with Crippen LogP contribution in [0, 0.1) is 5.92 Å². The van der Waals surface area contributed by atoms with E-state index in [-0.39, 0.29) is 17.7 Å². The van der Waals surface area contributed by atoms with Gasteiger partial charge in [0.15, 0.2) is 0 Å². The molecule has 2 heterocycles. The number of rotatable bonds is 7. The molecule has 0 aliphatic carbocycles. The molecule has 8 heteroatoms. The number of imide groups is 1. The van der Waals surface area contributed by atoms with Crippen molar-refractivity contribution in [1.82, 2.24) is 15.5 Å². The number of nitrogens with one attached hydrogen (secondary N) is 2. The zero-order valence-corrected chi connectivity index (χ0v) is 19.4. The molecule has 2 aromatic rings. The Morgan fingerprint density at radius 1 is 1.15 bits per heavy atom. The predicted octanol–water partition coefficient (Wildman–Crippen LogP) is 3.34. The number of halogens is 1. The number of benzene rings is 2. The van der Waals surface area contributed by atoms with E-state index in [4.69, 9.17) is 16.3 Å². The van der Waals surface area contributed by atoms with E-state index in [0.717, 1.165) is 16.9 Å². The highest BCUT2D eigenvalue weighted by Crippen LogP contribution is 2.35. The molecule has 174 valence electrons. The highest BCUT2D eigenvalue weighted by molar-refractivity contribution is 6.31. The second kappa shape index (κ2) is 9.83. The van der Waals surface area contributed by atoms with Crippen molar-refractivity contribution in [3.63, 3.8) is 0 Å². The fourth-order valence-electron chi connectivity index (χ4n) is 4.86. The van der Waals surface area contributed by atoms with Crippen molar-refractivity contribution in [2.24, 2.45) is 5.92 Å². The Kier molecular flexibility index (Phi) is 6.88. The highest BCUT2D eigenvalue weighted by Gasteiger charge is 2.52. The Labute approximate surface area is 198 Å². The van der Waals surface area contributed by atoms with Gasteiger partial charge in [0.2, 0.25) is 5.91 Å². The average molecular weight is 470 g/mol. The van der Waals surface area contributed by atoms with Gasteiger partial charge in [-0.05, 0) is 54.5 Å². The van der Waals surface area contributed by atoms with E-state index < -0.39 is 11.6 Å². The summed E-state index contributed by atoms with van der Waals surface area (Å²) in [6, 6.07) is 14.6. The molecule has 0 spiro atoms. The number of methoxy groups -OCH3 is 1. The summed E-state index contributed by atoms with van der Waals surface area (Å²) in [5.74, 6) is 0.454. The molecule has 0 aromatic heterocycles. The topological polar surface area (TPSA) is 87.7 Å². The summed E-state index contributed by atoms with van der Waals surface area (Å²) < 4.78 is 5.25. The molecule has 7 nitrogen and oxygen atoms in total. The van der Waals surface area contributed by atoms with Crippen LogP contribution in [0.1, 0.15) is 30.4 Å². The third-order valence-corrected chi connectivity index (χ3v) is 7.07. The van der Waals surface area contributed by atoms with Crippen molar-refractivity contribution in [2.45, 2.75) is 37.6 Å². The van der Waals surface area contributed by atoms with E-state index in [0.29, 0.717) is 50.2 Å². The van der Waals surface area contributed by atoms with Gasteiger partial charge >= 0.3 is 6.03 Å². The third-order valence-electron chi connectivity index (χ3n) is 6.70. The number of carbonyl (C=O) groups is 3. The van der Waals surface area contributed by atoms with Crippen LogP contribution in [-0.2, 0) is 22.4 Å². The normalized spacial score (nSPS) is 21.0. The molecule has 0 unspecified atom stereocenters. The minimum absolute atomic E-state index is 0.0938. The minimum atomic E-state index is -1.06. The van der Waals surface area contributed by atoms with E-state index in [1.807, 2.05) is 47.4 Å². The van der Waals surface area contributed by atoms with E-state index >= 15 is 0 Å². The maximum absolute atomic E-state index is 12.9. The van der Waals surface area contributed by atoms with Crippen molar-refractivity contribution in [3.05, 3.63) is 64.7 Å². The van der Waals surface area contributed by atoms with Crippen molar-refractivity contribution < 1.29 is 19.1 Å². The molecule has 4 rings (SSSR count). The van der Waals surface area contributed by atoms with Crippen LogP contribution in [-0.4, -0.2) is 48.5 Å². The van der Waals surface area contributed by atoms with Crippen LogP contribution in [0.25, 0.3) is 0 Å². The van der Waals surface area contributed by atoms with Crippen LogP contribution in [0.2, 0.25) is 5.02 Å². The summed E-state index contributed by atoms with van der Waals surface area (Å²) in [6.45, 7) is 1.10. The monoisotopic (exact) mass is 469 g/mol. The number of urea groups is 1. The van der Waals surface area contributed by atoms with E-state index in [9.17, 15) is 14.4 Å². The smallest absolute Gasteiger partial charge is 0.322 e. The summed E-state index contributed by atoms with van der Waals surface area (Å²) in [5, 5.41) is 5.86. The fraction of sp³-hybridized carbons (Fsp3) is 0.400. The second-order valence-electron chi connectivity index (χ2n) is 8.65. The number of aryl methyl sites for hydroxylation is 1. The standard InChI is InChI=1S/C25H28ClN3O4/c1-33-20-7-4-5-17(15-20)9-10-22(30)29-13-11-19(12-14-29)25(23(31)27-24(32)28-25)16-18-6-2-3-8-21(18)26/h2-8,15,19H,9-14,16H2,1H3,(H2,27,28,31,32)/t25-/m1/s1. The number of hydrogen-bond acceptors (Lipinski definition) is 4. The Bertz CT molecular complexity index is 1050. The van der Waals surface area contributed by atoms with E-state index in [1.54, 1.807) is 13.2 Å². The van der Waals surface area contributed by atoms with Crippen LogP contribution in [0.15, 0.2) is 48.5 Å². The Morgan fingerprint density at radius 2 is 1.91 bits per heavy atom. The number of amides is 4. The van der Waals surface area contributed by atoms with Crippen LogP contribution in [0.3, 0.4) is 0 Å². The molecule has 4 amide bonds. The van der Waals surface area contributed by atoms with Crippen LogP contribution in [0.5, 0.6) is 5.75 Å². The molecule has 0 saturated carbocycles. The molecule has 1 atom stereocenters. The molecular formula is C25H28ClN3O4. The van der Waals surface area contributed by atoms with Gasteiger partial charge in [-0.1, -0.05) is 41.9 Å². The zero-order valence-electron chi connectivity index (χ0n) is 18.6. The summed E-state index contributed by atoms with van der Waals surface area (Å²) in [7, 11) is 1.62. The average Bonchev–Trinajstić information content (AvgIpc) is 3.12. The third kappa shape index (κ3) is 4.98. The van der Waals surface area contributed by atoms with E-state index in [1.165, 1.54) is 0 Å². The predicted molar refractivity (Wildman–Crippen MR) is 125 cm³/mol. The van der Waals surface area contributed by atoms with Crippen LogP contribution in [0.4, 0.5) is 4.79 Å². The van der Waals surface area contributed by atoms with E-state index in [2.05, 4.69) is 10.6 Å². The molecule has 2 fully saturated rings. The van der Waals surface area contributed by atoms with Gasteiger partial charge < -0.3 is 15.0 Å². The zero-order chi connectivity index (χ0) is 23.4. The SMILES string of the molecule is COc1cccc(CCC(=O)N2CCC([C@@]3(Cc4ccccc4Cl)NC(=O)NC3=O)CC2)c1. The first-order valence-electron chi connectivity index (χ1n) is 11.2. The van der Waals surface area contributed by atoms with Gasteiger partial charge in [0.25, 0.3) is 5.91 Å². The van der Waals surface area contributed by atoms with Crippen LogP contribution < -0.4 is 15.4 Å². The number of hydrogen-bond donors (Lipinski definition) is 2. The number of nitrogens with zero attached hydrogens (tertiary/aromatic N) is 1. The minimum Gasteiger partial charge on any atom is -0.497 e. The van der Waals surface area contributed by atoms with Crippen LogP contribution >= 0.6 is 11.6 Å². The quantitative estimate of drug-likeness (QED) is 0.609. The Morgan fingerprint density at radius 3 is 2.58 bits per heavy atom. The van der Waals surface area contributed by atoms with Crippen molar-refractivity contribution >= 4 is 29.4 Å². The summed E-state index contributed by atoms with van der Waals surface area (Å²) in [5.41, 5.74) is 0.813. The van der Waals surface area contributed by atoms with Crippen molar-refractivity contribution in [1.29, 1.82) is 0 Å². The summed E-state index contributed by atoms with van der Waals surface area (Å²) >= 11 is 6.35. The fourth-order valence-corrected chi connectivity index (χ4v) is 5.07. The maximum Gasteiger partial charge on any atom is 0.322 e. The molecule has 0 bridgehead atoms. The first kappa shape index (κ1) is 23.1. The van der Waals surface area contributed by atoms with Gasteiger partial charge in [0.1, 0.15) is 11.3 Å². The first-order chi connectivity index (χ1) is 15.9. The second-order valence-corrected chi connectivity index (χ2v) is 9.06. The van der Waals surface area contributed by atoms with Gasteiger partial charge in [0, 0.05) is 31.0 Å². The molecule has 2 N–H and O–H groups in total. The molecule has 33 heavy (non-hydrogen) atoms. The van der Waals surface area contributed by atoms with Gasteiger partial charge in [-0.2, -0.15) is 0 Å². The Hall–Kier alpha value is -3.06. The lowest BCUT2D eigenvalue weighted by Crippen LogP contribution is -2.58. The largest absolute Gasteiger partial charge is 0.497 e. The van der Waals surface area contributed by atoms with Gasteiger partial charge in [0.05, 0.1) is 7.11 Å². The molecule has 2 aliphatic heterocycles. The van der Waals surface area contributed by atoms with Gasteiger partial charge in [-0.15, -0.1) is 0 Å². The molecule has 2 saturated heterocycles. The number of carbonyl (C=O) groups excluding carboxylic acids is 3. The lowest BCUT2D eigenvalue weighted by Gasteiger charge is -2.41. The lowest BCUT2D eigenvalue weighted by atomic mass is 9.74. The number of ether oxygens (including phenoxy) is 1. The first-order valence-corrected chi connectivity index (χ1v) is 11.6. The molecule has 2 aromatic carbocycles. The molecule has 0 radical (unpaired) electrons. The summed E-state index contributed by atoms with van der Waals surface area (Å²) in [4.78, 5) is 39.7. The summed E-state index contributed by atoms with van der Waals surface area (Å²) in [6.07, 6.45) is 2.63. The maximum atomic E-state index is 12.9. The van der Waals surface area contributed by atoms with Gasteiger partial charge in [-0.3, -0.25) is 14.9 Å². The molecular weight excluding hydrogens is 442 g/mol. The highest BCUT2D eigenvalue weighted by atomic mass is 35.5. The van der Waals surface area contributed by atoms with Crippen molar-refractivity contribution in [3.8, 4) is 5.75 Å². The van der Waals surface area contributed by atoms with Crippen molar-refractivity contribution in [2.75, 3.05) is 20.2 Å². The number of piperidine rings is 1. The lowest BCUT2D eigenvalue weighted by molar-refractivity contribution is -0.133. The molecule has 2 aliphatic rings.